The SMILES string of the molecule is Cl.Cn1ccnc1C1CNCCN1C(=O)c1cc(Cl)c2c(c1)OCO2. The smallest absolute Gasteiger partial charge is 0.254 e. The van der Waals surface area contributed by atoms with E-state index in [0.717, 1.165) is 12.4 Å². The molecule has 2 aliphatic rings. The van der Waals surface area contributed by atoms with Crippen molar-refractivity contribution in [3.8, 4) is 11.5 Å². The van der Waals surface area contributed by atoms with Crippen LogP contribution in [0.2, 0.25) is 5.02 Å². The van der Waals surface area contributed by atoms with E-state index >= 15 is 0 Å². The Morgan fingerprint density at radius 1 is 1.40 bits per heavy atom. The van der Waals surface area contributed by atoms with Gasteiger partial charge in [-0.1, -0.05) is 11.6 Å². The van der Waals surface area contributed by atoms with E-state index < -0.39 is 0 Å². The zero-order chi connectivity index (χ0) is 16.7. The highest BCUT2D eigenvalue weighted by atomic mass is 35.5. The van der Waals surface area contributed by atoms with Crippen LogP contribution >= 0.6 is 24.0 Å². The molecule has 25 heavy (non-hydrogen) atoms. The van der Waals surface area contributed by atoms with E-state index in [1.165, 1.54) is 0 Å². The van der Waals surface area contributed by atoms with Crippen LogP contribution in [0, 0.1) is 0 Å². The normalized spacial score (nSPS) is 18.8. The van der Waals surface area contributed by atoms with Crippen molar-refractivity contribution in [3.63, 3.8) is 0 Å². The molecule has 0 bridgehead atoms. The number of nitrogens with one attached hydrogen (secondary N) is 1. The van der Waals surface area contributed by atoms with Crippen molar-refractivity contribution in [2.75, 3.05) is 26.4 Å². The molecule has 9 heteroatoms. The average Bonchev–Trinajstić information content (AvgIpc) is 3.23. The Morgan fingerprint density at radius 3 is 3.00 bits per heavy atom. The van der Waals surface area contributed by atoms with E-state index in [4.69, 9.17) is 21.1 Å². The minimum atomic E-state index is -0.129. The van der Waals surface area contributed by atoms with Crippen LogP contribution < -0.4 is 14.8 Å². The first-order valence-electron chi connectivity index (χ1n) is 7.73. The Hall–Kier alpha value is -1.96. The summed E-state index contributed by atoms with van der Waals surface area (Å²) in [7, 11) is 1.93. The van der Waals surface area contributed by atoms with Crippen molar-refractivity contribution in [2.24, 2.45) is 7.05 Å². The number of nitrogens with zero attached hydrogens (tertiary/aromatic N) is 3. The molecule has 1 aromatic carbocycles. The number of ether oxygens (including phenoxy) is 2. The number of amides is 1. The summed E-state index contributed by atoms with van der Waals surface area (Å²) in [5.41, 5.74) is 0.491. The molecule has 1 amide bonds. The minimum absolute atomic E-state index is 0. The number of carbonyl (C=O) groups excluding carboxylic acids is 1. The number of benzene rings is 1. The van der Waals surface area contributed by atoms with Gasteiger partial charge in [-0.25, -0.2) is 4.98 Å². The van der Waals surface area contributed by atoms with Gasteiger partial charge in [0, 0.05) is 44.6 Å². The van der Waals surface area contributed by atoms with Gasteiger partial charge in [-0.05, 0) is 12.1 Å². The van der Waals surface area contributed by atoms with E-state index in [-0.39, 0.29) is 31.1 Å². The maximum Gasteiger partial charge on any atom is 0.254 e. The number of halogens is 2. The minimum Gasteiger partial charge on any atom is -0.454 e. The van der Waals surface area contributed by atoms with Crippen LogP contribution in [0.3, 0.4) is 0 Å². The summed E-state index contributed by atoms with van der Waals surface area (Å²) in [5, 5.41) is 3.71. The monoisotopic (exact) mass is 384 g/mol. The fourth-order valence-corrected chi connectivity index (χ4v) is 3.40. The number of aromatic nitrogens is 2. The lowest BCUT2D eigenvalue weighted by Gasteiger charge is -2.35. The van der Waals surface area contributed by atoms with E-state index in [1.54, 1.807) is 18.3 Å². The van der Waals surface area contributed by atoms with E-state index in [0.29, 0.717) is 35.2 Å². The second-order valence-corrected chi connectivity index (χ2v) is 6.21. The third-order valence-corrected chi connectivity index (χ3v) is 4.62. The number of fused-ring (bicyclic) bond motifs is 1. The molecule has 1 fully saturated rings. The van der Waals surface area contributed by atoms with Gasteiger partial charge in [0.15, 0.2) is 11.5 Å². The third-order valence-electron chi connectivity index (χ3n) is 4.33. The quantitative estimate of drug-likeness (QED) is 0.857. The Kier molecular flexibility index (Phi) is 5.08. The largest absolute Gasteiger partial charge is 0.454 e. The lowest BCUT2D eigenvalue weighted by molar-refractivity contribution is 0.0620. The molecular formula is C16H18Cl2N4O3. The fourth-order valence-electron chi connectivity index (χ4n) is 3.13. The molecule has 2 aromatic rings. The highest BCUT2D eigenvalue weighted by Gasteiger charge is 2.32. The number of aryl methyl sites for hydroxylation is 1. The molecule has 1 unspecified atom stereocenters. The summed E-state index contributed by atoms with van der Waals surface area (Å²) in [5.74, 6) is 1.76. The van der Waals surface area contributed by atoms with Crippen molar-refractivity contribution in [2.45, 2.75) is 6.04 Å². The van der Waals surface area contributed by atoms with E-state index in [1.807, 2.05) is 22.7 Å². The topological polar surface area (TPSA) is 68.6 Å². The predicted molar refractivity (Wildman–Crippen MR) is 94.7 cm³/mol. The number of imidazole rings is 1. The summed E-state index contributed by atoms with van der Waals surface area (Å²) in [6.45, 7) is 2.12. The molecule has 2 aliphatic heterocycles. The number of carbonyl (C=O) groups is 1. The van der Waals surface area contributed by atoms with Gasteiger partial charge in [-0.15, -0.1) is 12.4 Å². The van der Waals surface area contributed by atoms with Crippen LogP contribution in [0.25, 0.3) is 0 Å². The van der Waals surface area contributed by atoms with Gasteiger partial charge in [0.25, 0.3) is 5.91 Å². The van der Waals surface area contributed by atoms with Crippen molar-refractivity contribution in [1.29, 1.82) is 0 Å². The maximum atomic E-state index is 13.1. The maximum absolute atomic E-state index is 13.1. The Bertz CT molecular complexity index is 796. The van der Waals surface area contributed by atoms with Crippen molar-refractivity contribution in [1.82, 2.24) is 19.8 Å². The lowest BCUT2D eigenvalue weighted by atomic mass is 10.1. The van der Waals surface area contributed by atoms with Crippen LogP contribution in [-0.2, 0) is 7.05 Å². The molecule has 4 rings (SSSR count). The molecule has 1 N–H and O–H groups in total. The molecule has 0 aliphatic carbocycles. The molecule has 0 spiro atoms. The zero-order valence-electron chi connectivity index (χ0n) is 13.6. The first-order valence-corrected chi connectivity index (χ1v) is 8.11. The summed E-state index contributed by atoms with van der Waals surface area (Å²) in [6, 6.07) is 3.19. The summed E-state index contributed by atoms with van der Waals surface area (Å²) < 4.78 is 12.6. The van der Waals surface area contributed by atoms with Gasteiger partial charge in [-0.3, -0.25) is 4.79 Å². The van der Waals surface area contributed by atoms with Crippen molar-refractivity contribution >= 4 is 29.9 Å². The second kappa shape index (κ2) is 7.11. The number of piperazine rings is 1. The Morgan fingerprint density at radius 2 is 2.24 bits per heavy atom. The lowest BCUT2D eigenvalue weighted by Crippen LogP contribution is -2.49. The average molecular weight is 385 g/mol. The summed E-state index contributed by atoms with van der Waals surface area (Å²) in [6.07, 6.45) is 3.62. The van der Waals surface area contributed by atoms with Gasteiger partial charge in [-0.2, -0.15) is 0 Å². The zero-order valence-corrected chi connectivity index (χ0v) is 15.1. The number of hydrogen-bond acceptors (Lipinski definition) is 5. The summed E-state index contributed by atoms with van der Waals surface area (Å²) >= 11 is 6.21. The van der Waals surface area contributed by atoms with Crippen molar-refractivity contribution in [3.05, 3.63) is 40.9 Å². The highest BCUT2D eigenvalue weighted by molar-refractivity contribution is 6.32. The molecule has 1 atom stereocenters. The van der Waals surface area contributed by atoms with Crippen LogP contribution in [0.5, 0.6) is 11.5 Å². The number of rotatable bonds is 2. The Balaban J connectivity index is 0.00000182. The molecule has 1 aromatic heterocycles. The van der Waals surface area contributed by atoms with Crippen LogP contribution in [0.4, 0.5) is 0 Å². The van der Waals surface area contributed by atoms with Gasteiger partial charge in [0.2, 0.25) is 6.79 Å². The van der Waals surface area contributed by atoms with E-state index in [9.17, 15) is 4.79 Å². The van der Waals surface area contributed by atoms with Gasteiger partial charge < -0.3 is 24.3 Å². The summed E-state index contributed by atoms with van der Waals surface area (Å²) in [4.78, 5) is 19.3. The van der Waals surface area contributed by atoms with Crippen molar-refractivity contribution < 1.29 is 14.3 Å². The molecule has 134 valence electrons. The molecule has 0 radical (unpaired) electrons. The van der Waals surface area contributed by atoms with E-state index in [2.05, 4.69) is 10.3 Å². The van der Waals surface area contributed by atoms with Crippen LogP contribution in [0.1, 0.15) is 22.2 Å². The molecule has 7 nitrogen and oxygen atoms in total. The fraction of sp³-hybridized carbons (Fsp3) is 0.375. The third kappa shape index (κ3) is 3.15. The number of hydrogen-bond donors (Lipinski definition) is 1. The first kappa shape index (κ1) is 17.8. The van der Waals surface area contributed by atoms with Crippen LogP contribution in [-0.4, -0.2) is 46.8 Å². The second-order valence-electron chi connectivity index (χ2n) is 5.81. The predicted octanol–water partition coefficient (Wildman–Crippen LogP) is 2.01. The van der Waals surface area contributed by atoms with Gasteiger partial charge in [0.05, 0.1) is 5.02 Å². The van der Waals surface area contributed by atoms with Gasteiger partial charge in [0.1, 0.15) is 11.9 Å². The molecule has 1 saturated heterocycles. The molecule has 3 heterocycles. The molecule has 0 saturated carbocycles. The standard InChI is InChI=1S/C16H17ClN4O3.ClH/c1-20-4-3-19-15(20)12-8-18-2-5-21(12)16(22)10-6-11(17)14-13(7-10)23-9-24-14;/h3-4,6-7,12,18H,2,5,8-9H2,1H3;1H. The highest BCUT2D eigenvalue weighted by Crippen LogP contribution is 2.40. The Labute approximate surface area is 156 Å². The molecular weight excluding hydrogens is 367 g/mol. The van der Waals surface area contributed by atoms with Gasteiger partial charge >= 0.3 is 0 Å². The first-order chi connectivity index (χ1) is 11.6. The van der Waals surface area contributed by atoms with Crippen LogP contribution in [0.15, 0.2) is 24.5 Å².